The van der Waals surface area contributed by atoms with Crippen LogP contribution >= 0.6 is 0 Å². The summed E-state index contributed by atoms with van der Waals surface area (Å²) in [6.45, 7) is 0. The molecule has 6 heterocycles. The Bertz CT molecular complexity index is 6820. The van der Waals surface area contributed by atoms with Crippen molar-refractivity contribution in [2.75, 3.05) is 0 Å². The van der Waals surface area contributed by atoms with E-state index in [1.165, 1.54) is 0 Å². The molecule has 0 aliphatic rings. The van der Waals surface area contributed by atoms with Gasteiger partial charge in [-0.1, -0.05) is 164 Å². The molecule has 0 fully saturated rings. The third-order valence-corrected chi connectivity index (χ3v) is 21.6. The molecule has 13 heteroatoms. The summed E-state index contributed by atoms with van der Waals surface area (Å²) in [5.41, 5.74) is 14.3. The fourth-order valence-electron chi connectivity index (χ4n) is 17.1. The summed E-state index contributed by atoms with van der Waals surface area (Å²) in [6, 6.07) is 107. The fraction of sp³-hybridized carbons (Fsp3) is 0.0215. The smallest absolute Gasteiger partial charge is 0.309 e. The highest BCUT2D eigenvalue weighted by molar-refractivity contribution is 6.17. The zero-order chi connectivity index (χ0) is 71.0. The van der Waals surface area contributed by atoms with E-state index in [2.05, 4.69) is 252 Å². The van der Waals surface area contributed by atoms with Crippen molar-refractivity contribution in [2.24, 2.45) is 0 Å². The molecule has 7 nitrogen and oxygen atoms in total. The molecule has 21 rings (SSSR count). The van der Waals surface area contributed by atoms with Gasteiger partial charge in [0.15, 0.2) is 0 Å². The Labute approximate surface area is 599 Å². The number of hydrogen-bond donors (Lipinski definition) is 0. The summed E-state index contributed by atoms with van der Waals surface area (Å²) in [5, 5.41) is 23.3. The van der Waals surface area contributed by atoms with Gasteiger partial charge >= 0.3 is 12.4 Å². The Morgan fingerprint density at radius 2 is 0.472 bits per heavy atom. The molecule has 0 bridgehead atoms. The van der Waals surface area contributed by atoms with Gasteiger partial charge in [-0.05, 0) is 169 Å². The third kappa shape index (κ3) is 9.00. The highest BCUT2D eigenvalue weighted by Gasteiger charge is 2.38. The van der Waals surface area contributed by atoms with Gasteiger partial charge in [0.2, 0.25) is 0 Å². The normalized spacial score (nSPS) is 12.4. The molecule has 21 aromatic rings. The summed E-state index contributed by atoms with van der Waals surface area (Å²) < 4.78 is 104. The van der Waals surface area contributed by atoms with Crippen LogP contribution in [0.3, 0.4) is 0 Å². The minimum absolute atomic E-state index is 0.108. The van der Waals surface area contributed by atoms with Gasteiger partial charge in [0.05, 0.1) is 100 Å². The van der Waals surface area contributed by atoms with Gasteiger partial charge in [-0.2, -0.15) is 31.6 Å². The second-order valence-electron chi connectivity index (χ2n) is 27.3. The van der Waals surface area contributed by atoms with Gasteiger partial charge in [-0.3, -0.25) is 0 Å². The lowest BCUT2D eigenvalue weighted by Crippen LogP contribution is -2.11. The van der Waals surface area contributed by atoms with E-state index in [1.54, 1.807) is 24.3 Å². The van der Waals surface area contributed by atoms with Crippen LogP contribution in [0, 0.1) is 11.3 Å². The Balaban J connectivity index is 0.868. The number of aromatic nitrogens is 6. The second-order valence-corrected chi connectivity index (χ2v) is 27.3. The Kier molecular flexibility index (Phi) is 13.0. The van der Waals surface area contributed by atoms with Crippen LogP contribution in [-0.4, -0.2) is 27.4 Å². The standard InChI is InChI=1S/C93H53F6N7/c94-92(95,96)58-46-57(47-59(49-58)93(97,98)99)56-34-40-73(91(48-56)106-88-43-37-62(103-82-29-13-5-21-68(82)69-22-6-14-30-83(69)103)52-76(88)77-53-63(38-44-89(77)106)104-84-31-15-7-23-70(84)71-24-8-16-32-85(71)104)72-39-33-55(54-100)45-90(72)105-86-41-35-60(101-78-25-9-1-17-64(78)65-18-2-10-26-79(65)101)50-74(86)75-51-61(36-42-87(75)105)102-80-27-11-3-19-66(80)67-20-4-12-28-81(67)102/h1-53H. The van der Waals surface area contributed by atoms with Crippen molar-refractivity contribution in [2.45, 2.75) is 12.4 Å². The first kappa shape index (κ1) is 60.9. The average molecular weight is 1380 g/mol. The Morgan fingerprint density at radius 3 is 0.745 bits per heavy atom. The van der Waals surface area contributed by atoms with Crippen molar-refractivity contribution in [3.8, 4) is 62.4 Å². The molecule has 0 radical (unpaired) electrons. The average Bonchev–Trinajstić information content (AvgIpc) is 1.54. The molecule has 0 amide bonds. The van der Waals surface area contributed by atoms with E-state index in [1.807, 2.05) is 60.7 Å². The molecule has 106 heavy (non-hydrogen) atoms. The van der Waals surface area contributed by atoms with E-state index in [0.717, 1.165) is 155 Å². The number of alkyl halides is 6. The predicted molar refractivity (Wildman–Crippen MR) is 418 cm³/mol. The van der Waals surface area contributed by atoms with Crippen LogP contribution in [0.2, 0.25) is 0 Å². The second kappa shape index (κ2) is 22.6. The monoisotopic (exact) mass is 1380 g/mol. The molecule has 0 atom stereocenters. The van der Waals surface area contributed by atoms with Crippen molar-refractivity contribution in [3.05, 3.63) is 338 Å². The molecular formula is C93H53F6N7. The van der Waals surface area contributed by atoms with Crippen molar-refractivity contribution < 1.29 is 26.3 Å². The first-order chi connectivity index (χ1) is 51.8. The molecule has 0 spiro atoms. The van der Waals surface area contributed by atoms with E-state index in [0.29, 0.717) is 39.1 Å². The molecule has 0 saturated heterocycles. The zero-order valence-electron chi connectivity index (χ0n) is 56.0. The zero-order valence-corrected chi connectivity index (χ0v) is 56.0. The van der Waals surface area contributed by atoms with Crippen molar-refractivity contribution in [1.29, 1.82) is 5.26 Å². The summed E-state index contributed by atoms with van der Waals surface area (Å²) in [5.74, 6) is 0. The number of hydrogen-bond acceptors (Lipinski definition) is 1. The maximum Gasteiger partial charge on any atom is 0.416 e. The van der Waals surface area contributed by atoms with E-state index < -0.39 is 23.5 Å². The van der Waals surface area contributed by atoms with Crippen LogP contribution in [0.15, 0.2) is 322 Å². The lowest BCUT2D eigenvalue weighted by Gasteiger charge is -2.21. The SMILES string of the molecule is N#Cc1ccc(-c2ccc(-c3cc(C(F)(F)F)cc(C(F)(F)F)c3)cc2-n2c3ccc(-n4c5ccccc5c5ccccc54)cc3c3cc(-n4c5ccccc5c5ccccc54)ccc32)c(-n2c3ccc(-n4c5ccccc5c5ccccc54)cc3c3cc(-n4c5ccccc5c5ccccc54)ccc32)c1. The summed E-state index contributed by atoms with van der Waals surface area (Å²) in [4.78, 5) is 0. The van der Waals surface area contributed by atoms with Gasteiger partial charge < -0.3 is 27.4 Å². The first-order valence-electron chi connectivity index (χ1n) is 34.9. The van der Waals surface area contributed by atoms with Crippen LogP contribution in [0.1, 0.15) is 16.7 Å². The van der Waals surface area contributed by atoms with Crippen LogP contribution in [-0.2, 0) is 12.4 Å². The summed E-state index contributed by atoms with van der Waals surface area (Å²) in [6.07, 6.45) is -10.2. The predicted octanol–water partition coefficient (Wildman–Crippen LogP) is 25.5. The first-order valence-corrected chi connectivity index (χ1v) is 34.9. The fourth-order valence-corrected chi connectivity index (χ4v) is 17.1. The van der Waals surface area contributed by atoms with Gasteiger partial charge in [0.25, 0.3) is 0 Å². The largest absolute Gasteiger partial charge is 0.416 e. The van der Waals surface area contributed by atoms with Gasteiger partial charge in [0.1, 0.15) is 0 Å². The van der Waals surface area contributed by atoms with Crippen molar-refractivity contribution in [3.63, 3.8) is 0 Å². The number of para-hydroxylation sites is 8. The van der Waals surface area contributed by atoms with Crippen molar-refractivity contribution in [1.82, 2.24) is 27.4 Å². The van der Waals surface area contributed by atoms with Crippen LogP contribution in [0.4, 0.5) is 26.3 Å². The minimum Gasteiger partial charge on any atom is -0.309 e. The summed E-state index contributed by atoms with van der Waals surface area (Å²) >= 11 is 0. The molecule has 502 valence electrons. The van der Waals surface area contributed by atoms with E-state index >= 15 is 26.3 Å². The number of nitrogens with zero attached hydrogens (tertiary/aromatic N) is 7. The molecule has 0 N–H and O–H groups in total. The molecule has 0 saturated carbocycles. The lowest BCUT2D eigenvalue weighted by molar-refractivity contribution is -0.143. The minimum atomic E-state index is -5.12. The molecule has 0 unspecified atom stereocenters. The molecular weight excluding hydrogens is 1330 g/mol. The Hall–Kier alpha value is -13.8. The highest BCUT2D eigenvalue weighted by Crippen LogP contribution is 2.48. The quantitative estimate of drug-likeness (QED) is 0.140. The topological polar surface area (TPSA) is 53.4 Å². The van der Waals surface area contributed by atoms with Gasteiger partial charge in [-0.15, -0.1) is 0 Å². The number of benzene rings is 15. The molecule has 6 aromatic heterocycles. The lowest BCUT2D eigenvalue weighted by atomic mass is 9.94. The van der Waals surface area contributed by atoms with Crippen molar-refractivity contribution >= 4 is 131 Å². The summed E-state index contributed by atoms with van der Waals surface area (Å²) in [7, 11) is 0. The molecule has 15 aromatic carbocycles. The van der Waals surface area contributed by atoms with Crippen LogP contribution < -0.4 is 0 Å². The number of rotatable bonds is 8. The van der Waals surface area contributed by atoms with E-state index in [4.69, 9.17) is 0 Å². The third-order valence-electron chi connectivity index (χ3n) is 21.6. The number of halogens is 6. The van der Waals surface area contributed by atoms with Crippen LogP contribution in [0.25, 0.3) is 187 Å². The number of fused-ring (bicyclic) bond motifs is 18. The van der Waals surface area contributed by atoms with Gasteiger partial charge in [-0.25, -0.2) is 0 Å². The van der Waals surface area contributed by atoms with Gasteiger partial charge in [0, 0.05) is 98.5 Å². The Morgan fingerprint density at radius 1 is 0.217 bits per heavy atom. The maximum absolute atomic E-state index is 15.1. The number of nitriles is 1. The van der Waals surface area contributed by atoms with Crippen LogP contribution in [0.5, 0.6) is 0 Å². The van der Waals surface area contributed by atoms with E-state index in [-0.39, 0.29) is 17.2 Å². The highest BCUT2D eigenvalue weighted by atomic mass is 19.4. The maximum atomic E-state index is 15.1. The van der Waals surface area contributed by atoms with E-state index in [9.17, 15) is 5.26 Å². The molecule has 0 aliphatic heterocycles. The molecule has 0 aliphatic carbocycles.